The molecule has 0 atom stereocenters. The lowest BCUT2D eigenvalue weighted by atomic mass is 10.3. The molecule has 0 fully saturated rings. The van der Waals surface area contributed by atoms with Gasteiger partial charge in [0.1, 0.15) is 5.65 Å². The molecule has 1 aromatic carbocycles. The molecule has 5 nitrogen and oxygen atoms in total. The van der Waals surface area contributed by atoms with E-state index in [-0.39, 0.29) is 0 Å². The third-order valence-corrected chi connectivity index (χ3v) is 4.49. The molecule has 0 aliphatic heterocycles. The molecule has 0 spiro atoms. The number of hydrogen-bond acceptors (Lipinski definition) is 4. The molecule has 22 heavy (non-hydrogen) atoms. The van der Waals surface area contributed by atoms with Gasteiger partial charge in [-0.15, -0.1) is 0 Å². The third kappa shape index (κ3) is 3.12. The van der Waals surface area contributed by atoms with E-state index in [9.17, 15) is 8.42 Å². The molecule has 3 rings (SSSR count). The highest BCUT2D eigenvalue weighted by Crippen LogP contribution is 2.16. The summed E-state index contributed by atoms with van der Waals surface area (Å²) in [7, 11) is -3.19. The number of aromatic nitrogens is 2. The first kappa shape index (κ1) is 14.6. The quantitative estimate of drug-likeness (QED) is 0.804. The molecule has 2 heterocycles. The molecule has 0 aliphatic carbocycles. The summed E-state index contributed by atoms with van der Waals surface area (Å²) in [4.78, 5) is 4.83. The third-order valence-electron chi connectivity index (χ3n) is 3.38. The Morgan fingerprint density at radius 2 is 2.00 bits per heavy atom. The first-order valence-electron chi connectivity index (χ1n) is 6.90. The lowest BCUT2D eigenvalue weighted by Crippen LogP contribution is -2.02. The molecule has 6 heteroatoms. The van der Waals surface area contributed by atoms with Crippen molar-refractivity contribution in [3.63, 3.8) is 0 Å². The largest absolute Gasteiger partial charge is 0.379 e. The fourth-order valence-electron chi connectivity index (χ4n) is 2.27. The SMILES string of the molecule is Cc1ccc2nc(CNc3cccc(S(C)(=O)=O)c3)cn2c1. The number of fused-ring (bicyclic) bond motifs is 1. The van der Waals surface area contributed by atoms with Gasteiger partial charge < -0.3 is 9.72 Å². The number of benzene rings is 1. The summed E-state index contributed by atoms with van der Waals surface area (Å²) in [5.74, 6) is 0. The van der Waals surface area contributed by atoms with Crippen LogP contribution in [0, 0.1) is 6.92 Å². The minimum Gasteiger partial charge on any atom is -0.379 e. The van der Waals surface area contributed by atoms with Gasteiger partial charge >= 0.3 is 0 Å². The molecule has 0 amide bonds. The zero-order valence-corrected chi connectivity index (χ0v) is 13.3. The molecule has 0 unspecified atom stereocenters. The molecule has 0 saturated heterocycles. The minimum absolute atomic E-state index is 0.308. The van der Waals surface area contributed by atoms with Crippen molar-refractivity contribution in [3.05, 3.63) is 60.0 Å². The van der Waals surface area contributed by atoms with Crippen molar-refractivity contribution < 1.29 is 8.42 Å². The van der Waals surface area contributed by atoms with Gasteiger partial charge in [0.25, 0.3) is 0 Å². The number of anilines is 1. The van der Waals surface area contributed by atoms with Crippen LogP contribution in [0.4, 0.5) is 5.69 Å². The Balaban J connectivity index is 1.79. The topological polar surface area (TPSA) is 63.5 Å². The average Bonchev–Trinajstić information content (AvgIpc) is 2.86. The number of aryl methyl sites for hydroxylation is 1. The second-order valence-electron chi connectivity index (χ2n) is 5.36. The van der Waals surface area contributed by atoms with Crippen LogP contribution in [0.1, 0.15) is 11.3 Å². The number of nitrogens with one attached hydrogen (secondary N) is 1. The Bertz CT molecular complexity index is 929. The normalized spacial score (nSPS) is 11.7. The summed E-state index contributed by atoms with van der Waals surface area (Å²) in [5, 5.41) is 3.21. The Morgan fingerprint density at radius 1 is 1.18 bits per heavy atom. The van der Waals surface area contributed by atoms with Crippen LogP contribution in [0.5, 0.6) is 0 Å². The van der Waals surface area contributed by atoms with Gasteiger partial charge in [-0.25, -0.2) is 13.4 Å². The van der Waals surface area contributed by atoms with Crippen LogP contribution in [-0.4, -0.2) is 24.1 Å². The summed E-state index contributed by atoms with van der Waals surface area (Å²) in [6, 6.07) is 10.8. The van der Waals surface area contributed by atoms with Gasteiger partial charge in [-0.05, 0) is 36.8 Å². The molecule has 2 aromatic heterocycles. The number of imidazole rings is 1. The predicted octanol–water partition coefficient (Wildman–Crippen LogP) is 2.66. The Hall–Kier alpha value is -2.34. The molecule has 0 saturated carbocycles. The van der Waals surface area contributed by atoms with Gasteiger partial charge in [0.05, 0.1) is 17.1 Å². The summed E-state index contributed by atoms with van der Waals surface area (Å²) in [6.45, 7) is 2.57. The lowest BCUT2D eigenvalue weighted by Gasteiger charge is -2.06. The highest BCUT2D eigenvalue weighted by Gasteiger charge is 2.07. The fourth-order valence-corrected chi connectivity index (χ4v) is 2.94. The van der Waals surface area contributed by atoms with E-state index in [1.54, 1.807) is 18.2 Å². The van der Waals surface area contributed by atoms with Crippen LogP contribution in [0.25, 0.3) is 5.65 Å². The predicted molar refractivity (Wildman–Crippen MR) is 86.8 cm³/mol. The number of rotatable bonds is 4. The molecular weight excluding hydrogens is 298 g/mol. The van der Waals surface area contributed by atoms with Gasteiger partial charge in [0.2, 0.25) is 0 Å². The van der Waals surface area contributed by atoms with Crippen LogP contribution < -0.4 is 5.32 Å². The standard InChI is InChI=1S/C16H17N3O2S/c1-12-6-7-16-18-14(11-19(16)10-12)9-17-13-4-3-5-15(8-13)22(2,20)21/h3-8,10-11,17H,9H2,1-2H3. The van der Waals surface area contributed by atoms with Gasteiger partial charge in [-0.2, -0.15) is 0 Å². The van der Waals surface area contributed by atoms with Crippen molar-refractivity contribution in [2.24, 2.45) is 0 Å². The smallest absolute Gasteiger partial charge is 0.175 e. The van der Waals surface area contributed by atoms with E-state index in [1.165, 1.54) is 11.8 Å². The summed E-state index contributed by atoms with van der Waals surface area (Å²) >= 11 is 0. The Labute approximate surface area is 129 Å². The lowest BCUT2D eigenvalue weighted by molar-refractivity contribution is 0.602. The van der Waals surface area contributed by atoms with E-state index < -0.39 is 9.84 Å². The summed E-state index contributed by atoms with van der Waals surface area (Å²) in [5.41, 5.74) is 3.73. The molecule has 3 aromatic rings. The van der Waals surface area contributed by atoms with Crippen molar-refractivity contribution in [1.29, 1.82) is 0 Å². The molecule has 1 N–H and O–H groups in total. The maximum atomic E-state index is 11.6. The van der Waals surface area contributed by atoms with E-state index in [2.05, 4.69) is 10.3 Å². The van der Waals surface area contributed by atoms with Gasteiger partial charge in [0, 0.05) is 24.3 Å². The Kier molecular flexibility index (Phi) is 3.62. The van der Waals surface area contributed by atoms with Crippen molar-refractivity contribution in [3.8, 4) is 0 Å². The van der Waals surface area contributed by atoms with Gasteiger partial charge in [0.15, 0.2) is 9.84 Å². The van der Waals surface area contributed by atoms with E-state index in [1.807, 2.05) is 41.9 Å². The molecule has 0 aliphatic rings. The first-order valence-corrected chi connectivity index (χ1v) is 8.79. The van der Waals surface area contributed by atoms with E-state index in [0.717, 1.165) is 17.0 Å². The van der Waals surface area contributed by atoms with Crippen LogP contribution in [-0.2, 0) is 16.4 Å². The van der Waals surface area contributed by atoms with Crippen LogP contribution in [0.3, 0.4) is 0 Å². The molecule has 0 bridgehead atoms. The highest BCUT2D eigenvalue weighted by molar-refractivity contribution is 7.90. The first-order chi connectivity index (χ1) is 10.4. The zero-order chi connectivity index (χ0) is 15.7. The Morgan fingerprint density at radius 3 is 2.77 bits per heavy atom. The monoisotopic (exact) mass is 315 g/mol. The van der Waals surface area contributed by atoms with Gasteiger partial charge in [-0.1, -0.05) is 12.1 Å². The number of sulfone groups is 1. The van der Waals surface area contributed by atoms with Crippen LogP contribution in [0.2, 0.25) is 0 Å². The zero-order valence-electron chi connectivity index (χ0n) is 12.4. The second kappa shape index (κ2) is 5.46. The van der Waals surface area contributed by atoms with Crippen LogP contribution in [0.15, 0.2) is 53.7 Å². The highest BCUT2D eigenvalue weighted by atomic mass is 32.2. The maximum absolute atomic E-state index is 11.6. The fraction of sp³-hybridized carbons (Fsp3) is 0.188. The van der Waals surface area contributed by atoms with Gasteiger partial charge in [-0.3, -0.25) is 0 Å². The number of hydrogen-bond donors (Lipinski definition) is 1. The second-order valence-corrected chi connectivity index (χ2v) is 7.37. The average molecular weight is 315 g/mol. The molecule has 0 radical (unpaired) electrons. The van der Waals surface area contributed by atoms with Crippen LogP contribution >= 0.6 is 0 Å². The van der Waals surface area contributed by atoms with E-state index in [4.69, 9.17) is 0 Å². The minimum atomic E-state index is -3.19. The maximum Gasteiger partial charge on any atom is 0.175 e. The van der Waals surface area contributed by atoms with Crippen molar-refractivity contribution >= 4 is 21.2 Å². The number of pyridine rings is 1. The number of nitrogens with zero attached hydrogens (tertiary/aromatic N) is 2. The summed E-state index contributed by atoms with van der Waals surface area (Å²) < 4.78 is 25.1. The van der Waals surface area contributed by atoms with E-state index >= 15 is 0 Å². The van der Waals surface area contributed by atoms with Crippen molar-refractivity contribution in [2.45, 2.75) is 18.4 Å². The van der Waals surface area contributed by atoms with Crippen molar-refractivity contribution in [2.75, 3.05) is 11.6 Å². The summed E-state index contributed by atoms with van der Waals surface area (Å²) in [6.07, 6.45) is 5.20. The molecular formula is C16H17N3O2S. The molecule has 114 valence electrons. The van der Waals surface area contributed by atoms with E-state index in [0.29, 0.717) is 11.4 Å². The van der Waals surface area contributed by atoms with Crippen molar-refractivity contribution in [1.82, 2.24) is 9.38 Å².